The third-order valence-corrected chi connectivity index (χ3v) is 2.74. The zero-order valence-electron chi connectivity index (χ0n) is 11.3. The van der Waals surface area contributed by atoms with Crippen molar-refractivity contribution in [3.63, 3.8) is 0 Å². The number of hydrogen-bond acceptors (Lipinski definition) is 3. The Hall–Kier alpha value is -1.84. The summed E-state index contributed by atoms with van der Waals surface area (Å²) in [6.45, 7) is 7.89. The lowest BCUT2D eigenvalue weighted by molar-refractivity contribution is 0.681. The summed E-state index contributed by atoms with van der Waals surface area (Å²) in [6, 6.07) is 6.06. The molecule has 0 unspecified atom stereocenters. The van der Waals surface area contributed by atoms with Gasteiger partial charge in [0.2, 0.25) is 5.95 Å². The zero-order valence-corrected chi connectivity index (χ0v) is 11.3. The second-order valence-electron chi connectivity index (χ2n) is 4.52. The van der Waals surface area contributed by atoms with E-state index in [2.05, 4.69) is 33.0 Å². The maximum atomic E-state index is 4.49. The SMILES string of the molecule is CCCn1cc(C)nc1NCc1cccc(C)n1. The molecular formula is C14H20N4. The van der Waals surface area contributed by atoms with Crippen molar-refractivity contribution in [3.05, 3.63) is 41.5 Å². The van der Waals surface area contributed by atoms with Crippen LogP contribution in [0.4, 0.5) is 5.95 Å². The first-order chi connectivity index (χ1) is 8.69. The number of anilines is 1. The third-order valence-electron chi connectivity index (χ3n) is 2.74. The molecule has 2 aromatic rings. The summed E-state index contributed by atoms with van der Waals surface area (Å²) in [4.78, 5) is 8.96. The van der Waals surface area contributed by atoms with E-state index < -0.39 is 0 Å². The molecule has 0 bridgehead atoms. The van der Waals surface area contributed by atoms with Crippen LogP contribution in [-0.4, -0.2) is 14.5 Å². The van der Waals surface area contributed by atoms with Crippen molar-refractivity contribution in [1.82, 2.24) is 14.5 Å². The first kappa shape index (κ1) is 12.6. The maximum absolute atomic E-state index is 4.49. The highest BCUT2D eigenvalue weighted by Gasteiger charge is 2.04. The van der Waals surface area contributed by atoms with Gasteiger partial charge in [0.1, 0.15) is 0 Å². The standard InChI is InChI=1S/C14H20N4/c1-4-8-18-10-12(3)17-14(18)15-9-13-7-5-6-11(2)16-13/h5-7,10H,4,8-9H2,1-3H3,(H,15,17). The molecule has 0 aliphatic carbocycles. The molecule has 4 nitrogen and oxygen atoms in total. The normalized spacial score (nSPS) is 10.6. The van der Waals surface area contributed by atoms with Crippen LogP contribution < -0.4 is 5.32 Å². The second kappa shape index (κ2) is 5.67. The van der Waals surface area contributed by atoms with Crippen LogP contribution in [0.3, 0.4) is 0 Å². The fraction of sp³-hybridized carbons (Fsp3) is 0.429. The summed E-state index contributed by atoms with van der Waals surface area (Å²) in [5, 5.41) is 3.35. The van der Waals surface area contributed by atoms with Gasteiger partial charge in [-0.05, 0) is 32.4 Å². The minimum Gasteiger partial charge on any atom is -0.350 e. The van der Waals surface area contributed by atoms with Crippen LogP contribution in [0.25, 0.3) is 0 Å². The number of hydrogen-bond donors (Lipinski definition) is 1. The topological polar surface area (TPSA) is 42.7 Å². The van der Waals surface area contributed by atoms with Crippen molar-refractivity contribution in [2.75, 3.05) is 5.32 Å². The predicted molar refractivity (Wildman–Crippen MR) is 73.6 cm³/mol. The predicted octanol–water partition coefficient (Wildman–Crippen LogP) is 2.92. The Morgan fingerprint density at radius 3 is 2.72 bits per heavy atom. The Bertz CT molecular complexity index is 516. The quantitative estimate of drug-likeness (QED) is 0.879. The molecule has 1 N–H and O–H groups in total. The number of imidazole rings is 1. The van der Waals surface area contributed by atoms with Crippen molar-refractivity contribution < 1.29 is 0 Å². The van der Waals surface area contributed by atoms with E-state index in [0.29, 0.717) is 6.54 Å². The maximum Gasteiger partial charge on any atom is 0.203 e. The Labute approximate surface area is 108 Å². The molecule has 0 aliphatic heterocycles. The molecule has 2 rings (SSSR count). The molecule has 2 heterocycles. The minimum absolute atomic E-state index is 0.710. The smallest absolute Gasteiger partial charge is 0.203 e. The van der Waals surface area contributed by atoms with Crippen LogP contribution in [0.2, 0.25) is 0 Å². The van der Waals surface area contributed by atoms with E-state index in [9.17, 15) is 0 Å². The highest BCUT2D eigenvalue weighted by Crippen LogP contribution is 2.10. The van der Waals surface area contributed by atoms with Crippen LogP contribution in [0.15, 0.2) is 24.4 Å². The van der Waals surface area contributed by atoms with Gasteiger partial charge in [-0.3, -0.25) is 4.98 Å². The molecule has 0 radical (unpaired) electrons. The first-order valence-corrected chi connectivity index (χ1v) is 6.39. The molecule has 0 saturated carbocycles. The molecule has 0 spiro atoms. The lowest BCUT2D eigenvalue weighted by Crippen LogP contribution is -2.08. The highest BCUT2D eigenvalue weighted by atomic mass is 15.2. The summed E-state index contributed by atoms with van der Waals surface area (Å²) in [5.41, 5.74) is 3.13. The minimum atomic E-state index is 0.710. The van der Waals surface area contributed by atoms with Gasteiger partial charge in [-0.25, -0.2) is 4.98 Å². The molecule has 0 amide bonds. The average Bonchev–Trinajstić information content (AvgIpc) is 2.68. The van der Waals surface area contributed by atoms with Gasteiger partial charge in [0, 0.05) is 18.4 Å². The lowest BCUT2D eigenvalue weighted by Gasteiger charge is -2.08. The van der Waals surface area contributed by atoms with Crippen LogP contribution in [0.1, 0.15) is 30.4 Å². The number of aromatic nitrogens is 3. The number of aryl methyl sites for hydroxylation is 3. The van der Waals surface area contributed by atoms with Crippen molar-refractivity contribution >= 4 is 5.95 Å². The third kappa shape index (κ3) is 3.09. The van der Waals surface area contributed by atoms with Gasteiger partial charge >= 0.3 is 0 Å². The van der Waals surface area contributed by atoms with Crippen molar-refractivity contribution in [2.24, 2.45) is 0 Å². The number of pyridine rings is 1. The van der Waals surface area contributed by atoms with Gasteiger partial charge < -0.3 is 9.88 Å². The van der Waals surface area contributed by atoms with E-state index in [0.717, 1.165) is 36.0 Å². The Kier molecular flexibility index (Phi) is 3.97. The highest BCUT2D eigenvalue weighted by molar-refractivity contribution is 5.29. The lowest BCUT2D eigenvalue weighted by atomic mass is 10.3. The van der Waals surface area contributed by atoms with E-state index in [-0.39, 0.29) is 0 Å². The Morgan fingerprint density at radius 2 is 2.00 bits per heavy atom. The van der Waals surface area contributed by atoms with Crippen LogP contribution >= 0.6 is 0 Å². The van der Waals surface area contributed by atoms with Crippen molar-refractivity contribution in [3.8, 4) is 0 Å². The summed E-state index contributed by atoms with van der Waals surface area (Å²) in [6.07, 6.45) is 3.18. The molecule has 0 atom stereocenters. The average molecular weight is 244 g/mol. The van der Waals surface area contributed by atoms with E-state index in [1.165, 1.54) is 0 Å². The molecule has 0 aromatic carbocycles. The Balaban J connectivity index is 2.05. The van der Waals surface area contributed by atoms with E-state index >= 15 is 0 Å². The molecule has 0 aliphatic rings. The molecule has 0 saturated heterocycles. The number of nitrogens with one attached hydrogen (secondary N) is 1. The van der Waals surface area contributed by atoms with Crippen molar-refractivity contribution in [1.29, 1.82) is 0 Å². The molecule has 2 aromatic heterocycles. The van der Waals surface area contributed by atoms with Gasteiger partial charge in [0.25, 0.3) is 0 Å². The molecule has 0 fully saturated rings. The molecule has 4 heteroatoms. The molecule has 96 valence electrons. The van der Waals surface area contributed by atoms with E-state index in [1.807, 2.05) is 32.0 Å². The van der Waals surface area contributed by atoms with Crippen LogP contribution in [-0.2, 0) is 13.1 Å². The Morgan fingerprint density at radius 1 is 1.17 bits per heavy atom. The molecule has 18 heavy (non-hydrogen) atoms. The van der Waals surface area contributed by atoms with E-state index in [1.54, 1.807) is 0 Å². The second-order valence-corrected chi connectivity index (χ2v) is 4.52. The van der Waals surface area contributed by atoms with Crippen LogP contribution in [0, 0.1) is 13.8 Å². The number of rotatable bonds is 5. The van der Waals surface area contributed by atoms with Gasteiger partial charge in [-0.1, -0.05) is 13.0 Å². The van der Waals surface area contributed by atoms with Crippen molar-refractivity contribution in [2.45, 2.75) is 40.3 Å². The summed E-state index contributed by atoms with van der Waals surface area (Å²) >= 11 is 0. The van der Waals surface area contributed by atoms with E-state index in [4.69, 9.17) is 0 Å². The molecular weight excluding hydrogens is 224 g/mol. The van der Waals surface area contributed by atoms with Gasteiger partial charge in [0.15, 0.2) is 0 Å². The fourth-order valence-electron chi connectivity index (χ4n) is 1.97. The summed E-state index contributed by atoms with van der Waals surface area (Å²) in [7, 11) is 0. The monoisotopic (exact) mass is 244 g/mol. The van der Waals surface area contributed by atoms with Gasteiger partial charge in [0.05, 0.1) is 17.9 Å². The fourth-order valence-corrected chi connectivity index (χ4v) is 1.97. The first-order valence-electron chi connectivity index (χ1n) is 6.39. The van der Waals surface area contributed by atoms with Crippen LogP contribution in [0.5, 0.6) is 0 Å². The number of nitrogens with zero attached hydrogens (tertiary/aromatic N) is 3. The largest absolute Gasteiger partial charge is 0.350 e. The summed E-state index contributed by atoms with van der Waals surface area (Å²) in [5.74, 6) is 0.928. The van der Waals surface area contributed by atoms with Gasteiger partial charge in [-0.15, -0.1) is 0 Å². The van der Waals surface area contributed by atoms with Gasteiger partial charge in [-0.2, -0.15) is 0 Å². The zero-order chi connectivity index (χ0) is 13.0. The summed E-state index contributed by atoms with van der Waals surface area (Å²) < 4.78 is 2.16.